The normalized spacial score (nSPS) is 11.0. The minimum absolute atomic E-state index is 0.100. The van der Waals surface area contributed by atoms with Crippen molar-refractivity contribution in [2.75, 3.05) is 18.5 Å². The third-order valence-electron chi connectivity index (χ3n) is 3.49. The number of nitrogens with one attached hydrogen (secondary N) is 1. The smallest absolute Gasteiger partial charge is 0.416 e. The van der Waals surface area contributed by atoms with Crippen molar-refractivity contribution in [2.24, 2.45) is 5.73 Å². The van der Waals surface area contributed by atoms with E-state index in [1.165, 1.54) is 30.3 Å². The van der Waals surface area contributed by atoms with E-state index in [2.05, 4.69) is 5.32 Å². The average Bonchev–Trinajstić information content (AvgIpc) is 2.64. The molecule has 0 fully saturated rings. The highest BCUT2D eigenvalue weighted by atomic mass is 19.4. The molecule has 0 saturated heterocycles. The van der Waals surface area contributed by atoms with Crippen molar-refractivity contribution in [3.05, 3.63) is 53.6 Å². The lowest BCUT2D eigenvalue weighted by molar-refractivity contribution is -0.137. The highest BCUT2D eigenvalue weighted by Gasteiger charge is 2.31. The lowest BCUT2D eigenvalue weighted by Crippen LogP contribution is -2.20. The van der Waals surface area contributed by atoms with E-state index in [-0.39, 0.29) is 36.0 Å². The van der Waals surface area contributed by atoms with Gasteiger partial charge in [-0.15, -0.1) is 0 Å². The second-order valence-corrected chi connectivity index (χ2v) is 5.79. The number of carbonyl (C=O) groups excluding carboxylic acids is 2. The molecular formula is C19H19F3N2O4. The highest BCUT2D eigenvalue weighted by Crippen LogP contribution is 2.35. The van der Waals surface area contributed by atoms with Gasteiger partial charge in [-0.25, -0.2) is 0 Å². The molecule has 2 aromatic rings. The minimum Gasteiger partial charge on any atom is -0.491 e. The van der Waals surface area contributed by atoms with E-state index < -0.39 is 23.6 Å². The van der Waals surface area contributed by atoms with Crippen LogP contribution in [0.1, 0.15) is 29.3 Å². The van der Waals surface area contributed by atoms with Crippen LogP contribution in [0.2, 0.25) is 0 Å². The zero-order chi connectivity index (χ0) is 20.7. The van der Waals surface area contributed by atoms with Crippen LogP contribution in [0.5, 0.6) is 11.5 Å². The SMILES string of the molecule is CCCOc1ccc(C(F)(F)F)cc1NC(=O)c1cccc(OCC(N)=O)c1. The van der Waals surface area contributed by atoms with Crippen LogP contribution < -0.4 is 20.5 Å². The second kappa shape index (κ2) is 9.12. The van der Waals surface area contributed by atoms with Gasteiger partial charge in [-0.1, -0.05) is 13.0 Å². The molecule has 2 amide bonds. The van der Waals surface area contributed by atoms with Crippen LogP contribution in [0.25, 0.3) is 0 Å². The van der Waals surface area contributed by atoms with Crippen LogP contribution in [-0.2, 0) is 11.0 Å². The summed E-state index contributed by atoms with van der Waals surface area (Å²) in [7, 11) is 0. The van der Waals surface area contributed by atoms with Gasteiger partial charge in [-0.05, 0) is 42.8 Å². The number of hydrogen-bond donors (Lipinski definition) is 2. The Kier molecular flexibility index (Phi) is 6.86. The molecule has 28 heavy (non-hydrogen) atoms. The highest BCUT2D eigenvalue weighted by molar-refractivity contribution is 6.05. The Morgan fingerprint density at radius 3 is 2.50 bits per heavy atom. The van der Waals surface area contributed by atoms with Crippen molar-refractivity contribution >= 4 is 17.5 Å². The molecule has 0 aliphatic rings. The standard InChI is InChI=1S/C19H19F3N2O4/c1-2-8-27-16-7-6-13(19(20,21)22)10-15(16)24-18(26)12-4-3-5-14(9-12)28-11-17(23)25/h3-7,9-10H,2,8,11H2,1H3,(H2,23,25)(H,24,26). The summed E-state index contributed by atoms with van der Waals surface area (Å²) in [4.78, 5) is 23.3. The van der Waals surface area contributed by atoms with Crippen LogP contribution in [0.3, 0.4) is 0 Å². The summed E-state index contributed by atoms with van der Waals surface area (Å²) in [5.74, 6) is -0.996. The van der Waals surface area contributed by atoms with Crippen molar-refractivity contribution in [3.8, 4) is 11.5 Å². The van der Waals surface area contributed by atoms with E-state index in [4.69, 9.17) is 15.2 Å². The predicted octanol–water partition coefficient (Wildman–Crippen LogP) is 3.61. The molecule has 0 saturated carbocycles. The first-order chi connectivity index (χ1) is 13.2. The van der Waals surface area contributed by atoms with E-state index >= 15 is 0 Å². The van der Waals surface area contributed by atoms with E-state index in [1.54, 1.807) is 0 Å². The van der Waals surface area contributed by atoms with Crippen LogP contribution in [0.4, 0.5) is 18.9 Å². The molecule has 0 radical (unpaired) electrons. The average molecular weight is 396 g/mol. The molecule has 0 aliphatic carbocycles. The van der Waals surface area contributed by atoms with E-state index in [1.807, 2.05) is 6.92 Å². The molecule has 0 aliphatic heterocycles. The number of primary amides is 1. The number of hydrogen-bond acceptors (Lipinski definition) is 4. The van der Waals surface area contributed by atoms with Gasteiger partial charge in [0.2, 0.25) is 0 Å². The molecule has 9 heteroatoms. The van der Waals surface area contributed by atoms with E-state index in [9.17, 15) is 22.8 Å². The molecule has 0 spiro atoms. The fourth-order valence-corrected chi connectivity index (χ4v) is 2.22. The summed E-state index contributed by atoms with van der Waals surface area (Å²) < 4.78 is 49.6. The summed E-state index contributed by atoms with van der Waals surface area (Å²) in [6, 6.07) is 8.69. The Bertz CT molecular complexity index is 853. The molecule has 0 atom stereocenters. The van der Waals surface area contributed by atoms with Crippen molar-refractivity contribution in [3.63, 3.8) is 0 Å². The molecule has 0 unspecified atom stereocenters. The quantitative estimate of drug-likeness (QED) is 0.713. The monoisotopic (exact) mass is 396 g/mol. The minimum atomic E-state index is -4.56. The third-order valence-corrected chi connectivity index (χ3v) is 3.49. The fourth-order valence-electron chi connectivity index (χ4n) is 2.22. The lowest BCUT2D eigenvalue weighted by Gasteiger charge is -2.15. The number of carbonyl (C=O) groups is 2. The summed E-state index contributed by atoms with van der Waals surface area (Å²) in [6.45, 7) is 1.76. The van der Waals surface area contributed by atoms with Gasteiger partial charge < -0.3 is 20.5 Å². The summed E-state index contributed by atoms with van der Waals surface area (Å²) in [5, 5.41) is 2.43. The maximum absolute atomic E-state index is 13.0. The predicted molar refractivity (Wildman–Crippen MR) is 96.3 cm³/mol. The van der Waals surface area contributed by atoms with Gasteiger partial charge in [0.1, 0.15) is 11.5 Å². The first-order valence-corrected chi connectivity index (χ1v) is 8.37. The van der Waals surface area contributed by atoms with Crippen molar-refractivity contribution in [1.82, 2.24) is 0 Å². The maximum Gasteiger partial charge on any atom is 0.416 e. The molecule has 2 rings (SSSR count). The van der Waals surface area contributed by atoms with Gasteiger partial charge in [-0.2, -0.15) is 13.2 Å². The maximum atomic E-state index is 13.0. The molecule has 3 N–H and O–H groups in total. The van der Waals surface area contributed by atoms with Crippen LogP contribution in [0, 0.1) is 0 Å². The third kappa shape index (κ3) is 5.90. The number of halogens is 3. The first kappa shape index (κ1) is 21.1. The zero-order valence-corrected chi connectivity index (χ0v) is 15.0. The van der Waals surface area contributed by atoms with Gasteiger partial charge in [0.05, 0.1) is 17.9 Å². The molecule has 150 valence electrons. The molecular weight excluding hydrogens is 377 g/mol. The van der Waals surface area contributed by atoms with Crippen LogP contribution in [0.15, 0.2) is 42.5 Å². The summed E-state index contributed by atoms with van der Waals surface area (Å²) in [6.07, 6.45) is -3.92. The van der Waals surface area contributed by atoms with Gasteiger partial charge in [-0.3, -0.25) is 9.59 Å². The van der Waals surface area contributed by atoms with Gasteiger partial charge >= 0.3 is 6.18 Å². The summed E-state index contributed by atoms with van der Waals surface area (Å²) in [5.41, 5.74) is 4.11. The Hall–Kier alpha value is -3.23. The van der Waals surface area contributed by atoms with Gasteiger partial charge in [0, 0.05) is 5.56 Å². The number of anilines is 1. The Morgan fingerprint density at radius 1 is 1.11 bits per heavy atom. The molecule has 0 aromatic heterocycles. The van der Waals surface area contributed by atoms with Crippen LogP contribution >= 0.6 is 0 Å². The Labute approximate surface area is 159 Å². The number of benzene rings is 2. The van der Waals surface area contributed by atoms with Crippen molar-refractivity contribution < 1.29 is 32.2 Å². The van der Waals surface area contributed by atoms with Gasteiger partial charge in [0.15, 0.2) is 6.61 Å². The zero-order valence-electron chi connectivity index (χ0n) is 15.0. The molecule has 0 heterocycles. The van der Waals surface area contributed by atoms with Crippen LogP contribution in [-0.4, -0.2) is 25.0 Å². The number of nitrogens with two attached hydrogens (primary N) is 1. The fraction of sp³-hybridized carbons (Fsp3) is 0.263. The van der Waals surface area contributed by atoms with Crippen molar-refractivity contribution in [1.29, 1.82) is 0 Å². The summed E-state index contributed by atoms with van der Waals surface area (Å²) >= 11 is 0. The number of rotatable bonds is 8. The number of ether oxygens (including phenoxy) is 2. The second-order valence-electron chi connectivity index (χ2n) is 5.79. The Balaban J connectivity index is 2.26. The topological polar surface area (TPSA) is 90.7 Å². The number of alkyl halides is 3. The number of amides is 2. The largest absolute Gasteiger partial charge is 0.491 e. The van der Waals surface area contributed by atoms with Gasteiger partial charge in [0.25, 0.3) is 11.8 Å². The molecule has 0 bridgehead atoms. The molecule has 6 nitrogen and oxygen atoms in total. The lowest BCUT2D eigenvalue weighted by atomic mass is 10.1. The van der Waals surface area contributed by atoms with E-state index in [0.29, 0.717) is 6.42 Å². The van der Waals surface area contributed by atoms with Crippen molar-refractivity contribution in [2.45, 2.75) is 19.5 Å². The first-order valence-electron chi connectivity index (χ1n) is 8.37. The Morgan fingerprint density at radius 2 is 1.86 bits per heavy atom. The van der Waals surface area contributed by atoms with E-state index in [0.717, 1.165) is 12.1 Å². The molecule has 2 aromatic carbocycles.